The highest BCUT2D eigenvalue weighted by Crippen LogP contribution is 2.29. The highest BCUT2D eigenvalue weighted by Gasteiger charge is 2.04. The maximum atomic E-state index is 3.50. The molecule has 0 radical (unpaired) electrons. The Morgan fingerprint density at radius 2 is 2.00 bits per heavy atom. The van der Waals surface area contributed by atoms with Crippen LogP contribution in [0.4, 0.5) is 0 Å². The van der Waals surface area contributed by atoms with Crippen LogP contribution in [0.2, 0.25) is 0 Å². The van der Waals surface area contributed by atoms with Crippen LogP contribution in [0.5, 0.6) is 0 Å². The molecule has 0 aromatic rings. The average molecular weight is 252 g/mol. The summed E-state index contributed by atoms with van der Waals surface area (Å²) in [7, 11) is 0. The minimum atomic E-state index is 1.14. The number of hydrogen-bond donors (Lipinski definition) is 0. The molecule has 0 amide bonds. The third-order valence-electron chi connectivity index (χ3n) is 1.38. The lowest BCUT2D eigenvalue weighted by Crippen LogP contribution is -1.87. The van der Waals surface area contributed by atoms with E-state index in [0.717, 1.165) is 12.8 Å². The minimum Gasteiger partial charge on any atom is -0.0556 e. The van der Waals surface area contributed by atoms with Crippen LogP contribution < -0.4 is 0 Å². The number of halogens is 2. The number of rotatable bonds is 0. The topological polar surface area (TPSA) is 0 Å². The normalized spacial score (nSPS) is 20.1. The first-order valence-electron chi connectivity index (χ1n) is 2.91. The Kier molecular flexibility index (Phi) is 2.53. The standard InChI is InChI=1S/C7H8Br2/c1-5-4-6(8)2-3-7(5)9/h4H,2-3H2,1H3. The first kappa shape index (κ1) is 7.55. The zero-order chi connectivity index (χ0) is 6.85. The molecule has 0 spiro atoms. The Morgan fingerprint density at radius 3 is 2.44 bits per heavy atom. The zero-order valence-electron chi connectivity index (χ0n) is 5.25. The summed E-state index contributed by atoms with van der Waals surface area (Å²) in [4.78, 5) is 0. The molecular weight excluding hydrogens is 244 g/mol. The molecule has 1 aliphatic rings. The third-order valence-corrected chi connectivity index (χ3v) is 3.03. The Bertz CT molecular complexity index is 177. The molecule has 0 fully saturated rings. The molecule has 0 unspecified atom stereocenters. The van der Waals surface area contributed by atoms with Gasteiger partial charge in [0.25, 0.3) is 0 Å². The van der Waals surface area contributed by atoms with Crippen molar-refractivity contribution >= 4 is 31.9 Å². The van der Waals surface area contributed by atoms with Gasteiger partial charge in [0.1, 0.15) is 0 Å². The molecule has 0 aromatic carbocycles. The second-order valence-corrected chi connectivity index (χ2v) is 4.15. The van der Waals surface area contributed by atoms with Crippen molar-refractivity contribution in [1.29, 1.82) is 0 Å². The predicted molar refractivity (Wildman–Crippen MR) is 47.9 cm³/mol. The maximum Gasteiger partial charge on any atom is -0.00164 e. The van der Waals surface area contributed by atoms with Crippen molar-refractivity contribution in [3.8, 4) is 0 Å². The Labute approximate surface area is 72.3 Å². The van der Waals surface area contributed by atoms with Gasteiger partial charge in [-0.1, -0.05) is 31.9 Å². The Morgan fingerprint density at radius 1 is 1.33 bits per heavy atom. The summed E-state index contributed by atoms with van der Waals surface area (Å²) in [5.74, 6) is 0. The van der Waals surface area contributed by atoms with Gasteiger partial charge in [-0.3, -0.25) is 0 Å². The van der Waals surface area contributed by atoms with Gasteiger partial charge in [0.2, 0.25) is 0 Å². The summed E-state index contributed by atoms with van der Waals surface area (Å²) in [6.07, 6.45) is 4.44. The van der Waals surface area contributed by atoms with Gasteiger partial charge in [-0.05, 0) is 40.4 Å². The van der Waals surface area contributed by atoms with Crippen molar-refractivity contribution in [2.24, 2.45) is 0 Å². The fourth-order valence-corrected chi connectivity index (χ4v) is 1.67. The van der Waals surface area contributed by atoms with Gasteiger partial charge >= 0.3 is 0 Å². The van der Waals surface area contributed by atoms with E-state index in [9.17, 15) is 0 Å². The highest BCUT2D eigenvalue weighted by molar-refractivity contribution is 9.12. The molecule has 0 saturated carbocycles. The van der Waals surface area contributed by atoms with Crippen molar-refractivity contribution in [3.05, 3.63) is 20.6 Å². The molecule has 50 valence electrons. The minimum absolute atomic E-state index is 1.14. The molecule has 1 rings (SSSR count). The van der Waals surface area contributed by atoms with Crippen molar-refractivity contribution in [3.63, 3.8) is 0 Å². The highest BCUT2D eigenvalue weighted by atomic mass is 79.9. The quantitative estimate of drug-likeness (QED) is 0.616. The SMILES string of the molecule is CC1=C(Br)CCC(Br)=C1. The summed E-state index contributed by atoms with van der Waals surface area (Å²) in [6, 6.07) is 0. The van der Waals surface area contributed by atoms with E-state index in [1.165, 1.54) is 14.5 Å². The lowest BCUT2D eigenvalue weighted by Gasteiger charge is -2.08. The number of allylic oxidation sites excluding steroid dienone is 4. The molecule has 0 atom stereocenters. The largest absolute Gasteiger partial charge is 0.0556 e. The van der Waals surface area contributed by atoms with Crippen molar-refractivity contribution in [2.45, 2.75) is 19.8 Å². The van der Waals surface area contributed by atoms with Crippen LogP contribution in [0.15, 0.2) is 20.6 Å². The van der Waals surface area contributed by atoms with Gasteiger partial charge in [0.15, 0.2) is 0 Å². The van der Waals surface area contributed by atoms with E-state index in [0.29, 0.717) is 0 Å². The van der Waals surface area contributed by atoms with Gasteiger partial charge in [-0.2, -0.15) is 0 Å². The zero-order valence-corrected chi connectivity index (χ0v) is 8.42. The fourth-order valence-electron chi connectivity index (χ4n) is 0.812. The number of hydrogen-bond acceptors (Lipinski definition) is 0. The maximum absolute atomic E-state index is 3.50. The average Bonchev–Trinajstić information content (AvgIpc) is 1.80. The molecule has 0 bridgehead atoms. The van der Waals surface area contributed by atoms with Crippen LogP contribution in [0.25, 0.3) is 0 Å². The van der Waals surface area contributed by atoms with E-state index < -0.39 is 0 Å². The van der Waals surface area contributed by atoms with E-state index in [1.54, 1.807) is 0 Å². The smallest absolute Gasteiger partial charge is 0.00164 e. The summed E-state index contributed by atoms with van der Waals surface area (Å²) in [5.41, 5.74) is 1.34. The second kappa shape index (κ2) is 3.02. The van der Waals surface area contributed by atoms with E-state index in [2.05, 4.69) is 44.9 Å². The van der Waals surface area contributed by atoms with Crippen molar-refractivity contribution in [1.82, 2.24) is 0 Å². The lowest BCUT2D eigenvalue weighted by molar-refractivity contribution is 0.994. The van der Waals surface area contributed by atoms with Gasteiger partial charge in [-0.15, -0.1) is 0 Å². The van der Waals surface area contributed by atoms with E-state index in [4.69, 9.17) is 0 Å². The van der Waals surface area contributed by atoms with Crippen LogP contribution in [0, 0.1) is 0 Å². The van der Waals surface area contributed by atoms with Crippen LogP contribution in [-0.4, -0.2) is 0 Å². The summed E-state index contributed by atoms with van der Waals surface area (Å²) < 4.78 is 2.65. The van der Waals surface area contributed by atoms with E-state index >= 15 is 0 Å². The van der Waals surface area contributed by atoms with E-state index in [1.807, 2.05) is 0 Å². The first-order chi connectivity index (χ1) is 4.20. The van der Waals surface area contributed by atoms with Crippen molar-refractivity contribution < 1.29 is 0 Å². The molecule has 0 saturated heterocycles. The second-order valence-electron chi connectivity index (χ2n) is 2.18. The molecule has 2 heteroatoms. The molecule has 0 aliphatic heterocycles. The van der Waals surface area contributed by atoms with Gasteiger partial charge in [0.05, 0.1) is 0 Å². The Balaban J connectivity index is 2.83. The van der Waals surface area contributed by atoms with E-state index in [-0.39, 0.29) is 0 Å². The molecular formula is C7H8Br2. The Hall–Kier alpha value is 0.440. The summed E-state index contributed by atoms with van der Waals surface area (Å²) in [6.45, 7) is 2.12. The summed E-state index contributed by atoms with van der Waals surface area (Å²) in [5, 5.41) is 0. The lowest BCUT2D eigenvalue weighted by atomic mass is 10.1. The molecule has 0 aromatic heterocycles. The molecule has 0 nitrogen and oxygen atoms in total. The predicted octanol–water partition coefficient (Wildman–Crippen LogP) is 3.73. The molecule has 0 heterocycles. The molecule has 0 N–H and O–H groups in total. The fraction of sp³-hybridized carbons (Fsp3) is 0.429. The monoisotopic (exact) mass is 250 g/mol. The van der Waals surface area contributed by atoms with Crippen molar-refractivity contribution in [2.75, 3.05) is 0 Å². The molecule has 1 aliphatic carbocycles. The van der Waals surface area contributed by atoms with Gasteiger partial charge in [0, 0.05) is 0 Å². The van der Waals surface area contributed by atoms with Crippen LogP contribution in [0.1, 0.15) is 19.8 Å². The molecule has 9 heavy (non-hydrogen) atoms. The van der Waals surface area contributed by atoms with Gasteiger partial charge in [-0.25, -0.2) is 0 Å². The third kappa shape index (κ3) is 1.94. The first-order valence-corrected chi connectivity index (χ1v) is 4.50. The van der Waals surface area contributed by atoms with Crippen LogP contribution in [0.3, 0.4) is 0 Å². The van der Waals surface area contributed by atoms with Gasteiger partial charge < -0.3 is 0 Å². The van der Waals surface area contributed by atoms with Crippen LogP contribution >= 0.6 is 31.9 Å². The summed E-state index contributed by atoms with van der Waals surface area (Å²) >= 11 is 6.96. The van der Waals surface area contributed by atoms with Crippen LogP contribution in [-0.2, 0) is 0 Å².